The average molecular weight is 328 g/mol. The zero-order valence-electron chi connectivity index (χ0n) is 11.6. The lowest BCUT2D eigenvalue weighted by atomic mass is 9.68. The van der Waals surface area contributed by atoms with Crippen LogP contribution in [0.25, 0.3) is 0 Å². The molecular formula is C15H25Cl3O. The molecule has 1 N–H and O–H groups in total. The highest BCUT2D eigenvalue weighted by atomic mass is 35.5. The molecule has 0 bridgehead atoms. The van der Waals surface area contributed by atoms with E-state index in [0.717, 1.165) is 38.5 Å². The fourth-order valence-corrected chi connectivity index (χ4v) is 5.69. The van der Waals surface area contributed by atoms with Crippen LogP contribution < -0.4 is 0 Å². The van der Waals surface area contributed by atoms with Crippen molar-refractivity contribution in [2.75, 3.05) is 6.61 Å². The first-order chi connectivity index (χ1) is 9.02. The summed E-state index contributed by atoms with van der Waals surface area (Å²) in [5, 5.41) is 10.4. The molecule has 112 valence electrons. The van der Waals surface area contributed by atoms with Crippen molar-refractivity contribution in [3.63, 3.8) is 0 Å². The standard InChI is InChI=1S/C15H25Cl3O/c1-9-6-13(17)15(14(18)7-9)12(8-19)10-2-4-11(16)5-3-10/h9-15,19H,2-8H2,1H3. The average Bonchev–Trinajstić information content (AvgIpc) is 2.35. The van der Waals surface area contributed by atoms with Gasteiger partial charge in [0.1, 0.15) is 0 Å². The molecule has 0 heterocycles. The van der Waals surface area contributed by atoms with Crippen LogP contribution in [0.15, 0.2) is 0 Å². The Balaban J connectivity index is 2.03. The number of aliphatic hydroxyl groups excluding tert-OH is 1. The molecule has 2 fully saturated rings. The number of alkyl halides is 3. The van der Waals surface area contributed by atoms with Crippen LogP contribution in [-0.4, -0.2) is 27.8 Å². The summed E-state index contributed by atoms with van der Waals surface area (Å²) in [5.74, 6) is 1.64. The third-order valence-corrected chi connectivity index (χ3v) is 6.48. The number of hydrogen-bond donors (Lipinski definition) is 1. The predicted molar refractivity (Wildman–Crippen MR) is 83.3 cm³/mol. The zero-order chi connectivity index (χ0) is 14.0. The highest BCUT2D eigenvalue weighted by Crippen LogP contribution is 2.45. The monoisotopic (exact) mass is 326 g/mol. The summed E-state index contributed by atoms with van der Waals surface area (Å²) < 4.78 is 0. The Bertz CT molecular complexity index is 267. The van der Waals surface area contributed by atoms with Crippen LogP contribution in [0.1, 0.15) is 45.4 Å². The molecule has 0 spiro atoms. The predicted octanol–water partition coefficient (Wildman–Crippen LogP) is 4.65. The minimum Gasteiger partial charge on any atom is -0.396 e. The van der Waals surface area contributed by atoms with E-state index in [4.69, 9.17) is 34.8 Å². The maximum absolute atomic E-state index is 9.85. The molecule has 0 saturated heterocycles. The van der Waals surface area contributed by atoms with Crippen LogP contribution in [0.2, 0.25) is 0 Å². The van der Waals surface area contributed by atoms with Gasteiger partial charge in [-0.05, 0) is 62.2 Å². The van der Waals surface area contributed by atoms with Gasteiger partial charge in [-0.15, -0.1) is 34.8 Å². The van der Waals surface area contributed by atoms with Crippen molar-refractivity contribution in [2.24, 2.45) is 23.7 Å². The summed E-state index contributed by atoms with van der Waals surface area (Å²) in [4.78, 5) is 0. The van der Waals surface area contributed by atoms with E-state index in [-0.39, 0.29) is 29.2 Å². The Hall–Kier alpha value is 0.830. The van der Waals surface area contributed by atoms with Crippen molar-refractivity contribution >= 4 is 34.8 Å². The van der Waals surface area contributed by atoms with Crippen LogP contribution >= 0.6 is 34.8 Å². The number of rotatable bonds is 3. The second kappa shape index (κ2) is 7.20. The van der Waals surface area contributed by atoms with E-state index in [1.165, 1.54) is 0 Å². The second-order valence-electron chi connectivity index (χ2n) is 6.54. The fourth-order valence-electron chi connectivity index (χ4n) is 4.03. The molecule has 0 aromatic heterocycles. The van der Waals surface area contributed by atoms with Crippen molar-refractivity contribution < 1.29 is 5.11 Å². The number of halogens is 3. The fraction of sp³-hybridized carbons (Fsp3) is 1.00. The maximum atomic E-state index is 9.85. The normalized spacial score (nSPS) is 45.9. The first kappa shape index (κ1) is 16.2. The second-order valence-corrected chi connectivity index (χ2v) is 8.28. The van der Waals surface area contributed by atoms with Crippen molar-refractivity contribution in [1.29, 1.82) is 0 Å². The molecule has 4 heteroatoms. The molecule has 1 nitrogen and oxygen atoms in total. The molecule has 0 radical (unpaired) electrons. The first-order valence-corrected chi connectivity index (χ1v) is 8.87. The third-order valence-electron chi connectivity index (χ3n) is 5.10. The highest BCUT2D eigenvalue weighted by Gasteiger charge is 2.42. The van der Waals surface area contributed by atoms with Gasteiger partial charge >= 0.3 is 0 Å². The van der Waals surface area contributed by atoms with Gasteiger partial charge in [0, 0.05) is 22.7 Å². The zero-order valence-corrected chi connectivity index (χ0v) is 13.8. The largest absolute Gasteiger partial charge is 0.396 e. The van der Waals surface area contributed by atoms with Crippen LogP contribution in [0.4, 0.5) is 0 Å². The van der Waals surface area contributed by atoms with E-state index in [1.54, 1.807) is 0 Å². The van der Waals surface area contributed by atoms with E-state index in [9.17, 15) is 5.11 Å². The van der Waals surface area contributed by atoms with E-state index >= 15 is 0 Å². The van der Waals surface area contributed by atoms with Gasteiger partial charge in [0.2, 0.25) is 0 Å². The van der Waals surface area contributed by atoms with Crippen LogP contribution in [0, 0.1) is 23.7 Å². The SMILES string of the molecule is CC1CC(Cl)C(C(CO)C2CCC(Cl)CC2)C(Cl)C1. The Morgan fingerprint density at radius 3 is 2.00 bits per heavy atom. The Morgan fingerprint density at radius 2 is 1.53 bits per heavy atom. The van der Waals surface area contributed by atoms with Crippen molar-refractivity contribution in [1.82, 2.24) is 0 Å². The lowest BCUT2D eigenvalue weighted by Crippen LogP contribution is -2.43. The van der Waals surface area contributed by atoms with Gasteiger partial charge in [-0.25, -0.2) is 0 Å². The van der Waals surface area contributed by atoms with Crippen molar-refractivity contribution in [3.8, 4) is 0 Å². The Labute approximate surface area is 132 Å². The minimum absolute atomic E-state index is 0.108. The molecule has 2 aliphatic carbocycles. The molecule has 0 aliphatic heterocycles. The molecule has 2 rings (SSSR count). The Kier molecular flexibility index (Phi) is 6.14. The molecule has 0 aromatic rings. The number of aliphatic hydroxyl groups is 1. The van der Waals surface area contributed by atoms with Crippen LogP contribution in [-0.2, 0) is 0 Å². The van der Waals surface area contributed by atoms with Gasteiger partial charge in [-0.1, -0.05) is 6.92 Å². The molecule has 0 amide bonds. The maximum Gasteiger partial charge on any atom is 0.0465 e. The molecule has 2 saturated carbocycles. The first-order valence-electron chi connectivity index (χ1n) is 7.56. The quantitative estimate of drug-likeness (QED) is 0.748. The lowest BCUT2D eigenvalue weighted by Gasteiger charge is -2.43. The minimum atomic E-state index is 0.108. The topological polar surface area (TPSA) is 20.2 Å². The summed E-state index contributed by atoms with van der Waals surface area (Å²) >= 11 is 19.3. The molecule has 0 aromatic carbocycles. The van der Waals surface area contributed by atoms with E-state index in [0.29, 0.717) is 17.2 Å². The van der Waals surface area contributed by atoms with Gasteiger partial charge < -0.3 is 5.11 Å². The van der Waals surface area contributed by atoms with E-state index in [1.807, 2.05) is 0 Å². The molecule has 19 heavy (non-hydrogen) atoms. The smallest absolute Gasteiger partial charge is 0.0465 e. The lowest BCUT2D eigenvalue weighted by molar-refractivity contribution is 0.0763. The molecule has 3 unspecified atom stereocenters. The van der Waals surface area contributed by atoms with Crippen LogP contribution in [0.5, 0.6) is 0 Å². The summed E-state index contributed by atoms with van der Waals surface area (Å²) in [6.45, 7) is 2.43. The van der Waals surface area contributed by atoms with Gasteiger partial charge in [-0.3, -0.25) is 0 Å². The van der Waals surface area contributed by atoms with E-state index < -0.39 is 0 Å². The summed E-state index contributed by atoms with van der Waals surface area (Å²) in [6, 6.07) is 0. The van der Waals surface area contributed by atoms with Gasteiger partial charge in [0.25, 0.3) is 0 Å². The van der Waals surface area contributed by atoms with Gasteiger partial charge in [0.15, 0.2) is 0 Å². The molecular weight excluding hydrogens is 303 g/mol. The highest BCUT2D eigenvalue weighted by molar-refractivity contribution is 6.24. The van der Waals surface area contributed by atoms with Crippen LogP contribution in [0.3, 0.4) is 0 Å². The summed E-state index contributed by atoms with van der Waals surface area (Å²) in [5.41, 5.74) is 0. The van der Waals surface area contributed by atoms with Gasteiger partial charge in [0.05, 0.1) is 0 Å². The van der Waals surface area contributed by atoms with Crippen molar-refractivity contribution in [3.05, 3.63) is 0 Å². The molecule has 3 atom stereocenters. The summed E-state index contributed by atoms with van der Waals surface area (Å²) in [6.07, 6.45) is 6.39. The van der Waals surface area contributed by atoms with E-state index in [2.05, 4.69) is 6.92 Å². The van der Waals surface area contributed by atoms with Gasteiger partial charge in [-0.2, -0.15) is 0 Å². The molecule has 2 aliphatic rings. The third kappa shape index (κ3) is 3.93. The number of hydrogen-bond acceptors (Lipinski definition) is 1. The Morgan fingerprint density at radius 1 is 1.00 bits per heavy atom. The van der Waals surface area contributed by atoms with Crippen molar-refractivity contribution in [2.45, 2.75) is 61.6 Å². The summed E-state index contributed by atoms with van der Waals surface area (Å²) in [7, 11) is 0.